The number of esters is 1. The number of nitrogens with one attached hydrogen (secondary N) is 2. The average molecular weight is 335 g/mol. The Morgan fingerprint density at radius 3 is 2.38 bits per heavy atom. The molecule has 0 fully saturated rings. The van der Waals surface area contributed by atoms with E-state index in [2.05, 4.69) is 20.4 Å². The van der Waals surface area contributed by atoms with E-state index in [0.29, 0.717) is 13.0 Å². The molecular formula is C18H29N3O3. The molecule has 0 atom stereocenters. The van der Waals surface area contributed by atoms with Crippen LogP contribution in [0.3, 0.4) is 0 Å². The summed E-state index contributed by atoms with van der Waals surface area (Å²) in [6.45, 7) is 1.57. The van der Waals surface area contributed by atoms with Crippen LogP contribution < -0.4 is 15.4 Å². The summed E-state index contributed by atoms with van der Waals surface area (Å²) in [5, 5.41) is 6.58. The molecule has 0 aromatic heterocycles. The first-order valence-corrected chi connectivity index (χ1v) is 8.34. The van der Waals surface area contributed by atoms with Crippen LogP contribution >= 0.6 is 0 Å². The van der Waals surface area contributed by atoms with Gasteiger partial charge in [0.25, 0.3) is 0 Å². The van der Waals surface area contributed by atoms with E-state index in [9.17, 15) is 4.79 Å². The van der Waals surface area contributed by atoms with Crippen LogP contribution in [0, 0.1) is 0 Å². The molecule has 1 rings (SSSR count). The van der Waals surface area contributed by atoms with Gasteiger partial charge in [-0.05, 0) is 30.5 Å². The lowest BCUT2D eigenvalue weighted by atomic mass is 10.1. The largest absolute Gasteiger partial charge is 0.497 e. The van der Waals surface area contributed by atoms with Crippen LogP contribution in [0.15, 0.2) is 29.3 Å². The lowest BCUT2D eigenvalue weighted by Gasteiger charge is -2.12. The molecule has 0 spiro atoms. The Hall–Kier alpha value is -2.24. The minimum atomic E-state index is -0.128. The molecule has 0 aliphatic rings. The van der Waals surface area contributed by atoms with Gasteiger partial charge in [0.1, 0.15) is 5.75 Å². The molecule has 1 aromatic carbocycles. The van der Waals surface area contributed by atoms with E-state index < -0.39 is 0 Å². The Morgan fingerprint density at radius 2 is 1.75 bits per heavy atom. The number of aliphatic imine (C=N–C) groups is 1. The molecule has 0 saturated carbocycles. The standard InChI is InChI=1S/C18H29N3O3/c1-19-18(20-13-7-5-4-6-8-17(22)24-3)21-14-15-9-11-16(23-2)12-10-15/h9-12H,4-8,13-14H2,1-3H3,(H2,19,20,21). The zero-order chi connectivity index (χ0) is 17.6. The molecule has 1 aromatic rings. The monoisotopic (exact) mass is 335 g/mol. The van der Waals surface area contributed by atoms with E-state index in [1.165, 1.54) is 12.7 Å². The summed E-state index contributed by atoms with van der Waals surface area (Å²) in [6.07, 6.45) is 4.56. The zero-order valence-electron chi connectivity index (χ0n) is 14.9. The fraction of sp³-hybridized carbons (Fsp3) is 0.556. The van der Waals surface area contributed by atoms with E-state index in [1.54, 1.807) is 14.2 Å². The predicted molar refractivity (Wildman–Crippen MR) is 96.3 cm³/mol. The van der Waals surface area contributed by atoms with Crippen LogP contribution in [0.1, 0.15) is 37.7 Å². The zero-order valence-corrected chi connectivity index (χ0v) is 14.9. The first kappa shape index (κ1) is 19.8. The van der Waals surface area contributed by atoms with Gasteiger partial charge in [-0.3, -0.25) is 9.79 Å². The molecule has 0 aliphatic heterocycles. The average Bonchev–Trinajstić information content (AvgIpc) is 2.63. The summed E-state index contributed by atoms with van der Waals surface area (Å²) >= 11 is 0. The number of nitrogens with zero attached hydrogens (tertiary/aromatic N) is 1. The van der Waals surface area contributed by atoms with E-state index in [-0.39, 0.29) is 5.97 Å². The minimum Gasteiger partial charge on any atom is -0.497 e. The van der Waals surface area contributed by atoms with Crippen LogP contribution in [0.2, 0.25) is 0 Å². The Balaban J connectivity index is 2.13. The number of hydrogen-bond donors (Lipinski definition) is 2. The number of rotatable bonds is 10. The highest BCUT2D eigenvalue weighted by atomic mass is 16.5. The summed E-state index contributed by atoms with van der Waals surface area (Å²) < 4.78 is 9.76. The second-order valence-electron chi connectivity index (χ2n) is 5.44. The molecule has 0 unspecified atom stereocenters. The highest BCUT2D eigenvalue weighted by Gasteiger charge is 2.01. The van der Waals surface area contributed by atoms with Gasteiger partial charge in [-0.15, -0.1) is 0 Å². The maximum absolute atomic E-state index is 11.0. The minimum absolute atomic E-state index is 0.128. The first-order valence-electron chi connectivity index (χ1n) is 8.34. The number of unbranched alkanes of at least 4 members (excludes halogenated alkanes) is 3. The Labute approximate surface area is 144 Å². The number of benzene rings is 1. The van der Waals surface area contributed by atoms with Crippen LogP contribution in [-0.4, -0.2) is 39.7 Å². The third kappa shape index (κ3) is 8.41. The van der Waals surface area contributed by atoms with Crippen molar-refractivity contribution in [1.82, 2.24) is 10.6 Å². The van der Waals surface area contributed by atoms with Gasteiger partial charge < -0.3 is 20.1 Å². The van der Waals surface area contributed by atoms with Gasteiger partial charge >= 0.3 is 5.97 Å². The lowest BCUT2D eigenvalue weighted by Crippen LogP contribution is -2.37. The quantitative estimate of drug-likeness (QED) is 0.297. The molecule has 6 nitrogen and oxygen atoms in total. The third-order valence-corrected chi connectivity index (χ3v) is 3.67. The van der Waals surface area contributed by atoms with E-state index in [4.69, 9.17) is 4.74 Å². The van der Waals surface area contributed by atoms with E-state index in [1.807, 2.05) is 24.3 Å². The molecular weight excluding hydrogens is 306 g/mol. The highest BCUT2D eigenvalue weighted by molar-refractivity contribution is 5.79. The van der Waals surface area contributed by atoms with Crippen LogP contribution in [0.5, 0.6) is 5.75 Å². The van der Waals surface area contributed by atoms with E-state index >= 15 is 0 Å². The normalized spacial score (nSPS) is 11.0. The van der Waals surface area contributed by atoms with Gasteiger partial charge in [-0.2, -0.15) is 0 Å². The maximum atomic E-state index is 11.0. The van der Waals surface area contributed by atoms with Crippen molar-refractivity contribution in [2.24, 2.45) is 4.99 Å². The van der Waals surface area contributed by atoms with Gasteiger partial charge in [0.2, 0.25) is 0 Å². The van der Waals surface area contributed by atoms with Gasteiger partial charge in [-0.25, -0.2) is 0 Å². The third-order valence-electron chi connectivity index (χ3n) is 3.67. The molecule has 0 saturated heterocycles. The van der Waals surface area contributed by atoms with Crippen molar-refractivity contribution in [3.63, 3.8) is 0 Å². The fourth-order valence-corrected chi connectivity index (χ4v) is 2.21. The second kappa shape index (κ2) is 12.2. The van der Waals surface area contributed by atoms with Gasteiger partial charge in [0.05, 0.1) is 14.2 Å². The number of guanidine groups is 1. The van der Waals surface area contributed by atoms with Crippen molar-refractivity contribution >= 4 is 11.9 Å². The van der Waals surface area contributed by atoms with Gasteiger partial charge in [0.15, 0.2) is 5.96 Å². The highest BCUT2D eigenvalue weighted by Crippen LogP contribution is 2.10. The van der Waals surface area contributed by atoms with Crippen molar-refractivity contribution in [3.8, 4) is 5.75 Å². The molecule has 0 heterocycles. The maximum Gasteiger partial charge on any atom is 0.305 e. The predicted octanol–water partition coefficient (Wildman–Crippen LogP) is 2.48. The number of ether oxygens (including phenoxy) is 2. The smallest absolute Gasteiger partial charge is 0.305 e. The van der Waals surface area contributed by atoms with Crippen molar-refractivity contribution in [3.05, 3.63) is 29.8 Å². The molecule has 0 amide bonds. The molecule has 24 heavy (non-hydrogen) atoms. The summed E-state index contributed by atoms with van der Waals surface area (Å²) in [5.41, 5.74) is 1.17. The number of carbonyl (C=O) groups is 1. The molecule has 6 heteroatoms. The summed E-state index contributed by atoms with van der Waals surface area (Å²) in [6, 6.07) is 7.95. The van der Waals surface area contributed by atoms with Gasteiger partial charge in [0, 0.05) is 26.6 Å². The second-order valence-corrected chi connectivity index (χ2v) is 5.44. The van der Waals surface area contributed by atoms with E-state index in [0.717, 1.165) is 43.9 Å². The fourth-order valence-electron chi connectivity index (χ4n) is 2.21. The Morgan fingerprint density at radius 1 is 1.04 bits per heavy atom. The molecule has 0 bridgehead atoms. The van der Waals surface area contributed by atoms with Crippen LogP contribution in [0.4, 0.5) is 0 Å². The molecule has 0 aliphatic carbocycles. The van der Waals surface area contributed by atoms with Gasteiger partial charge in [-0.1, -0.05) is 25.0 Å². The van der Waals surface area contributed by atoms with Crippen LogP contribution in [0.25, 0.3) is 0 Å². The van der Waals surface area contributed by atoms with Crippen LogP contribution in [-0.2, 0) is 16.1 Å². The molecule has 0 radical (unpaired) electrons. The first-order chi connectivity index (χ1) is 11.7. The number of hydrogen-bond acceptors (Lipinski definition) is 4. The lowest BCUT2D eigenvalue weighted by molar-refractivity contribution is -0.140. The van der Waals surface area contributed by atoms with Crippen molar-refractivity contribution in [1.29, 1.82) is 0 Å². The number of carbonyl (C=O) groups excluding carboxylic acids is 1. The van der Waals surface area contributed by atoms with Crippen molar-refractivity contribution < 1.29 is 14.3 Å². The molecule has 134 valence electrons. The summed E-state index contributed by atoms with van der Waals surface area (Å²) in [4.78, 5) is 15.2. The molecule has 2 N–H and O–H groups in total. The SMILES string of the molecule is CN=C(NCCCCCCC(=O)OC)NCc1ccc(OC)cc1. The summed E-state index contributed by atoms with van der Waals surface area (Å²) in [5.74, 6) is 1.52. The number of methoxy groups -OCH3 is 2. The topological polar surface area (TPSA) is 72.0 Å². The summed E-state index contributed by atoms with van der Waals surface area (Å²) in [7, 11) is 4.85. The van der Waals surface area contributed by atoms with Crippen molar-refractivity contribution in [2.45, 2.75) is 38.6 Å². The van der Waals surface area contributed by atoms with Crippen molar-refractivity contribution in [2.75, 3.05) is 27.8 Å². The Kier molecular flexibility index (Phi) is 10.1. The Bertz CT molecular complexity index is 501.